The highest BCUT2D eigenvalue weighted by molar-refractivity contribution is 5.81. The van der Waals surface area contributed by atoms with Gasteiger partial charge in [0.05, 0.1) is 5.52 Å². The molecule has 0 aliphatic rings. The molecule has 0 saturated heterocycles. The van der Waals surface area contributed by atoms with Gasteiger partial charge in [0.1, 0.15) is 5.82 Å². The molecular weight excluding hydrogens is 189 g/mol. The highest BCUT2D eigenvalue weighted by Gasteiger charge is 2.15. The van der Waals surface area contributed by atoms with Crippen molar-refractivity contribution in [3.8, 4) is 0 Å². The predicted molar refractivity (Wildman–Crippen MR) is 61.6 cm³/mol. The highest BCUT2D eigenvalue weighted by Crippen LogP contribution is 2.27. The van der Waals surface area contributed by atoms with Gasteiger partial charge >= 0.3 is 0 Å². The molecule has 1 nitrogen and oxygen atoms in total. The number of aromatic nitrogens is 1. The Bertz CT molecular complexity index is 503. The molecule has 0 N–H and O–H groups in total. The van der Waals surface area contributed by atoms with Crippen LogP contribution in [0, 0.1) is 5.82 Å². The molecule has 0 unspecified atom stereocenters. The van der Waals surface area contributed by atoms with E-state index in [0.29, 0.717) is 5.39 Å². The lowest BCUT2D eigenvalue weighted by Crippen LogP contribution is -2.10. The van der Waals surface area contributed by atoms with E-state index in [-0.39, 0.29) is 11.2 Å². The highest BCUT2D eigenvalue weighted by atomic mass is 19.1. The molecule has 0 saturated carbocycles. The summed E-state index contributed by atoms with van der Waals surface area (Å²) in [5.74, 6) is -0.140. The molecule has 0 atom stereocenters. The summed E-state index contributed by atoms with van der Waals surface area (Å²) >= 11 is 0. The number of fused-ring (bicyclic) bond motifs is 1. The quantitative estimate of drug-likeness (QED) is 0.619. The minimum absolute atomic E-state index is 0.0659. The van der Waals surface area contributed by atoms with Gasteiger partial charge in [-0.15, -0.1) is 0 Å². The number of hydrogen-bond donors (Lipinski definition) is 0. The van der Waals surface area contributed by atoms with Gasteiger partial charge in [0, 0.05) is 18.6 Å². The third-order valence-electron chi connectivity index (χ3n) is 2.81. The molecule has 0 bridgehead atoms. The van der Waals surface area contributed by atoms with Crippen LogP contribution in [0.15, 0.2) is 24.4 Å². The minimum atomic E-state index is -0.140. The van der Waals surface area contributed by atoms with Crippen molar-refractivity contribution in [2.75, 3.05) is 0 Å². The van der Waals surface area contributed by atoms with E-state index in [1.807, 2.05) is 23.7 Å². The van der Waals surface area contributed by atoms with Crippen molar-refractivity contribution in [1.82, 2.24) is 4.57 Å². The van der Waals surface area contributed by atoms with Crippen LogP contribution >= 0.6 is 0 Å². The number of halogens is 1. The third kappa shape index (κ3) is 1.65. The first kappa shape index (κ1) is 10.2. The fraction of sp³-hybridized carbons (Fsp3) is 0.385. The van der Waals surface area contributed by atoms with Crippen molar-refractivity contribution in [3.05, 3.63) is 35.8 Å². The van der Waals surface area contributed by atoms with Crippen molar-refractivity contribution in [2.45, 2.75) is 26.2 Å². The van der Waals surface area contributed by atoms with Crippen LogP contribution in [0.1, 0.15) is 26.3 Å². The molecule has 1 aromatic heterocycles. The Morgan fingerprint density at radius 3 is 2.47 bits per heavy atom. The predicted octanol–water partition coefficient (Wildman–Crippen LogP) is 3.61. The van der Waals surface area contributed by atoms with Gasteiger partial charge in [-0.1, -0.05) is 26.8 Å². The molecule has 0 spiro atoms. The molecule has 0 fully saturated rings. The van der Waals surface area contributed by atoms with Gasteiger partial charge in [-0.05, 0) is 23.1 Å². The van der Waals surface area contributed by atoms with Crippen molar-refractivity contribution in [2.24, 2.45) is 7.05 Å². The van der Waals surface area contributed by atoms with Gasteiger partial charge in [0.2, 0.25) is 0 Å². The fourth-order valence-electron chi connectivity index (χ4n) is 1.81. The van der Waals surface area contributed by atoms with Gasteiger partial charge in [-0.3, -0.25) is 0 Å². The Kier molecular flexibility index (Phi) is 2.10. The standard InChI is InChI=1S/C13H16FN/c1-13(2,3)9-5-6-12-10(7-9)11(14)8-15(12)4/h5-8H,1-4H3. The SMILES string of the molecule is Cn1cc(F)c2cc(C(C)(C)C)ccc21. The van der Waals surface area contributed by atoms with Crippen LogP contribution in [-0.4, -0.2) is 4.57 Å². The van der Waals surface area contributed by atoms with E-state index < -0.39 is 0 Å². The van der Waals surface area contributed by atoms with Crippen molar-refractivity contribution in [3.63, 3.8) is 0 Å². The van der Waals surface area contributed by atoms with Crippen molar-refractivity contribution < 1.29 is 4.39 Å². The van der Waals surface area contributed by atoms with Gasteiger partial charge in [-0.2, -0.15) is 0 Å². The monoisotopic (exact) mass is 205 g/mol. The molecular formula is C13H16FN. The van der Waals surface area contributed by atoms with Crippen LogP contribution in [0.25, 0.3) is 10.9 Å². The third-order valence-corrected chi connectivity index (χ3v) is 2.81. The first-order chi connectivity index (χ1) is 6.89. The lowest BCUT2D eigenvalue weighted by molar-refractivity contribution is 0.590. The maximum Gasteiger partial charge on any atom is 0.148 e. The summed E-state index contributed by atoms with van der Waals surface area (Å²) in [6.45, 7) is 6.40. The summed E-state index contributed by atoms with van der Waals surface area (Å²) in [6.07, 6.45) is 1.52. The van der Waals surface area contributed by atoms with Gasteiger partial charge < -0.3 is 4.57 Å². The zero-order valence-corrected chi connectivity index (χ0v) is 9.63. The van der Waals surface area contributed by atoms with E-state index in [1.54, 1.807) is 0 Å². The van der Waals surface area contributed by atoms with E-state index in [9.17, 15) is 4.39 Å². The van der Waals surface area contributed by atoms with Crippen LogP contribution in [0.2, 0.25) is 0 Å². The van der Waals surface area contributed by atoms with Crippen LogP contribution in [0.3, 0.4) is 0 Å². The van der Waals surface area contributed by atoms with Crippen molar-refractivity contribution >= 4 is 10.9 Å². The molecule has 1 aromatic carbocycles. The largest absolute Gasteiger partial charge is 0.348 e. The second-order valence-electron chi connectivity index (χ2n) is 5.07. The lowest BCUT2D eigenvalue weighted by atomic mass is 9.86. The summed E-state index contributed by atoms with van der Waals surface area (Å²) in [4.78, 5) is 0. The molecule has 80 valence electrons. The number of aryl methyl sites for hydroxylation is 1. The zero-order valence-electron chi connectivity index (χ0n) is 9.63. The maximum absolute atomic E-state index is 13.6. The first-order valence-electron chi connectivity index (χ1n) is 5.14. The number of hydrogen-bond acceptors (Lipinski definition) is 0. The van der Waals surface area contributed by atoms with Crippen LogP contribution in [-0.2, 0) is 12.5 Å². The van der Waals surface area contributed by atoms with Crippen LogP contribution in [0.4, 0.5) is 4.39 Å². The second-order valence-corrected chi connectivity index (χ2v) is 5.07. The lowest BCUT2D eigenvalue weighted by Gasteiger charge is -2.18. The Hall–Kier alpha value is -1.31. The Balaban J connectivity index is 2.71. The topological polar surface area (TPSA) is 4.93 Å². The minimum Gasteiger partial charge on any atom is -0.348 e. The zero-order chi connectivity index (χ0) is 11.2. The number of benzene rings is 1. The molecule has 1 heterocycles. The van der Waals surface area contributed by atoms with E-state index in [0.717, 1.165) is 5.52 Å². The maximum atomic E-state index is 13.6. The summed E-state index contributed by atoms with van der Waals surface area (Å²) in [5.41, 5.74) is 2.18. The molecule has 0 aliphatic carbocycles. The molecule has 2 rings (SSSR count). The second kappa shape index (κ2) is 3.09. The van der Waals surface area contributed by atoms with Gasteiger partial charge in [0.15, 0.2) is 0 Å². The average molecular weight is 205 g/mol. The number of nitrogens with zero attached hydrogens (tertiary/aromatic N) is 1. The Labute approximate surface area is 89.5 Å². The average Bonchev–Trinajstić information content (AvgIpc) is 2.41. The normalized spacial score (nSPS) is 12.3. The summed E-state index contributed by atoms with van der Waals surface area (Å²) in [6, 6.07) is 6.01. The van der Waals surface area contributed by atoms with Gasteiger partial charge in [-0.25, -0.2) is 4.39 Å². The Morgan fingerprint density at radius 1 is 1.20 bits per heavy atom. The smallest absolute Gasteiger partial charge is 0.148 e. The fourth-order valence-corrected chi connectivity index (χ4v) is 1.81. The van der Waals surface area contributed by atoms with E-state index in [2.05, 4.69) is 26.8 Å². The van der Waals surface area contributed by atoms with Crippen molar-refractivity contribution in [1.29, 1.82) is 0 Å². The Morgan fingerprint density at radius 2 is 1.87 bits per heavy atom. The molecule has 0 radical (unpaired) electrons. The number of rotatable bonds is 0. The van der Waals surface area contributed by atoms with Gasteiger partial charge in [0.25, 0.3) is 0 Å². The first-order valence-corrected chi connectivity index (χ1v) is 5.14. The molecule has 2 heteroatoms. The van der Waals surface area contributed by atoms with E-state index >= 15 is 0 Å². The van der Waals surface area contributed by atoms with E-state index in [4.69, 9.17) is 0 Å². The molecule has 0 amide bonds. The van der Waals surface area contributed by atoms with E-state index in [1.165, 1.54) is 11.8 Å². The summed E-state index contributed by atoms with van der Waals surface area (Å²) < 4.78 is 15.4. The molecule has 2 aromatic rings. The van der Waals surface area contributed by atoms with Crippen LogP contribution in [0.5, 0.6) is 0 Å². The van der Waals surface area contributed by atoms with Crippen LogP contribution < -0.4 is 0 Å². The summed E-state index contributed by atoms with van der Waals surface area (Å²) in [7, 11) is 1.86. The molecule has 15 heavy (non-hydrogen) atoms. The molecule has 0 aliphatic heterocycles. The summed E-state index contributed by atoms with van der Waals surface area (Å²) in [5, 5.41) is 0.713.